The van der Waals surface area contributed by atoms with Crippen molar-refractivity contribution in [2.45, 2.75) is 20.0 Å². The number of nitrogens with zero attached hydrogens (tertiary/aromatic N) is 2. The van der Waals surface area contributed by atoms with E-state index in [0.29, 0.717) is 18.7 Å². The van der Waals surface area contributed by atoms with Crippen molar-refractivity contribution >= 4 is 11.6 Å². The fraction of sp³-hybridized carbons (Fsp3) is 0.500. The summed E-state index contributed by atoms with van der Waals surface area (Å²) in [7, 11) is 0. The van der Waals surface area contributed by atoms with Crippen LogP contribution in [0.3, 0.4) is 0 Å². The number of carbonyl (C=O) groups excluding carboxylic acids is 1. The van der Waals surface area contributed by atoms with E-state index in [1.54, 1.807) is 26.0 Å². The lowest BCUT2D eigenvalue weighted by Crippen LogP contribution is -2.48. The number of aliphatic hydroxyl groups is 1. The molecule has 19 heavy (non-hydrogen) atoms. The van der Waals surface area contributed by atoms with Gasteiger partial charge in [0.2, 0.25) is 5.91 Å². The number of hydrogen-bond donors (Lipinski definition) is 2. The van der Waals surface area contributed by atoms with Gasteiger partial charge in [-0.15, -0.1) is 0 Å². The monoisotopic (exact) mass is 264 g/mol. The molecule has 1 atom stereocenters. The molecular formula is C14H20N2O3. The molecule has 1 unspecified atom stereocenters. The number of phenolic OH excluding ortho intramolecular Hbond substituents is 1. The first kappa shape index (κ1) is 13.7. The van der Waals surface area contributed by atoms with Crippen LogP contribution >= 0.6 is 0 Å². The van der Waals surface area contributed by atoms with E-state index in [4.69, 9.17) is 0 Å². The van der Waals surface area contributed by atoms with E-state index in [9.17, 15) is 15.0 Å². The van der Waals surface area contributed by atoms with Crippen molar-refractivity contribution in [2.24, 2.45) is 0 Å². The van der Waals surface area contributed by atoms with Crippen molar-refractivity contribution in [3.63, 3.8) is 0 Å². The third-order valence-corrected chi connectivity index (χ3v) is 3.55. The summed E-state index contributed by atoms with van der Waals surface area (Å²) < 4.78 is 0. The van der Waals surface area contributed by atoms with E-state index >= 15 is 0 Å². The Morgan fingerprint density at radius 2 is 1.89 bits per heavy atom. The Hall–Kier alpha value is -1.75. The summed E-state index contributed by atoms with van der Waals surface area (Å²) in [5, 5.41) is 19.4. The molecule has 0 saturated carbocycles. The fourth-order valence-corrected chi connectivity index (χ4v) is 2.36. The molecule has 1 fully saturated rings. The maximum absolute atomic E-state index is 11.3. The highest BCUT2D eigenvalue weighted by atomic mass is 16.3. The van der Waals surface area contributed by atoms with E-state index in [2.05, 4.69) is 4.90 Å². The molecule has 2 N–H and O–H groups in total. The van der Waals surface area contributed by atoms with Crippen molar-refractivity contribution in [2.75, 3.05) is 31.1 Å². The number of rotatable bonds is 2. The molecule has 1 aliphatic heterocycles. The summed E-state index contributed by atoms with van der Waals surface area (Å²) >= 11 is 0. The Morgan fingerprint density at radius 3 is 2.37 bits per heavy atom. The first-order valence-corrected chi connectivity index (χ1v) is 6.50. The van der Waals surface area contributed by atoms with Gasteiger partial charge in [-0.1, -0.05) is 6.07 Å². The fourth-order valence-electron chi connectivity index (χ4n) is 2.36. The first-order valence-electron chi connectivity index (χ1n) is 6.50. The van der Waals surface area contributed by atoms with Crippen LogP contribution in [0.5, 0.6) is 5.75 Å². The van der Waals surface area contributed by atoms with Crippen LogP contribution in [0.4, 0.5) is 5.69 Å². The number of carbonyl (C=O) groups is 1. The van der Waals surface area contributed by atoms with Crippen LogP contribution in [0.2, 0.25) is 0 Å². The Kier molecular flexibility index (Phi) is 3.95. The minimum Gasteiger partial charge on any atom is -0.507 e. The maximum Gasteiger partial charge on any atom is 0.219 e. The minimum absolute atomic E-state index is 0.104. The van der Waals surface area contributed by atoms with Crippen molar-refractivity contribution in [3.05, 3.63) is 23.8 Å². The highest BCUT2D eigenvalue weighted by molar-refractivity contribution is 5.73. The van der Waals surface area contributed by atoms with Gasteiger partial charge in [0.1, 0.15) is 5.75 Å². The van der Waals surface area contributed by atoms with Gasteiger partial charge in [-0.25, -0.2) is 0 Å². The summed E-state index contributed by atoms with van der Waals surface area (Å²) in [6.07, 6.45) is -0.677. The lowest BCUT2D eigenvalue weighted by Gasteiger charge is -2.35. The van der Waals surface area contributed by atoms with Crippen LogP contribution in [0.1, 0.15) is 25.5 Å². The number of aromatic hydroxyl groups is 1. The molecule has 0 radical (unpaired) electrons. The number of amides is 1. The van der Waals surface area contributed by atoms with Gasteiger partial charge in [-0.05, 0) is 13.0 Å². The summed E-state index contributed by atoms with van der Waals surface area (Å²) in [6, 6.07) is 5.31. The Balaban J connectivity index is 2.08. The molecule has 5 heteroatoms. The quantitative estimate of drug-likeness (QED) is 0.840. The van der Waals surface area contributed by atoms with Gasteiger partial charge in [0.15, 0.2) is 0 Å². The molecular weight excluding hydrogens is 244 g/mol. The SMILES string of the molecule is CC(=O)N1CCN(c2ccc(C(C)O)c(O)c2)CC1. The van der Waals surface area contributed by atoms with E-state index in [0.717, 1.165) is 18.8 Å². The molecule has 2 rings (SSSR count). The molecule has 0 aliphatic carbocycles. The van der Waals surface area contributed by atoms with E-state index in [1.807, 2.05) is 11.0 Å². The molecule has 1 amide bonds. The van der Waals surface area contributed by atoms with E-state index in [1.165, 1.54) is 0 Å². The van der Waals surface area contributed by atoms with E-state index < -0.39 is 6.10 Å². The van der Waals surface area contributed by atoms with Gasteiger partial charge in [-0.3, -0.25) is 4.79 Å². The molecule has 1 heterocycles. The summed E-state index contributed by atoms with van der Waals surface area (Å²) in [4.78, 5) is 15.2. The summed E-state index contributed by atoms with van der Waals surface area (Å²) in [6.45, 7) is 6.13. The maximum atomic E-state index is 11.3. The topological polar surface area (TPSA) is 64.0 Å². The first-order chi connectivity index (χ1) is 8.99. The largest absolute Gasteiger partial charge is 0.507 e. The second kappa shape index (κ2) is 5.48. The molecule has 0 spiro atoms. The Morgan fingerprint density at radius 1 is 1.26 bits per heavy atom. The van der Waals surface area contributed by atoms with Crippen LogP contribution in [0.15, 0.2) is 18.2 Å². The third-order valence-electron chi connectivity index (χ3n) is 3.55. The molecule has 1 saturated heterocycles. The Labute approximate surface area is 113 Å². The number of piperazine rings is 1. The lowest BCUT2D eigenvalue weighted by atomic mass is 10.1. The van der Waals surface area contributed by atoms with Gasteiger partial charge in [0, 0.05) is 50.4 Å². The zero-order chi connectivity index (χ0) is 14.0. The number of phenols is 1. The van der Waals surface area contributed by atoms with Crippen LogP contribution < -0.4 is 4.90 Å². The second-order valence-electron chi connectivity index (χ2n) is 4.91. The predicted molar refractivity (Wildman–Crippen MR) is 73.2 cm³/mol. The molecule has 104 valence electrons. The molecule has 5 nitrogen and oxygen atoms in total. The van der Waals surface area contributed by atoms with Crippen molar-refractivity contribution in [1.29, 1.82) is 0 Å². The highest BCUT2D eigenvalue weighted by Gasteiger charge is 2.19. The number of hydrogen-bond acceptors (Lipinski definition) is 4. The Bertz CT molecular complexity index is 466. The molecule has 1 aromatic carbocycles. The average molecular weight is 264 g/mol. The van der Waals surface area contributed by atoms with Crippen LogP contribution in [-0.4, -0.2) is 47.2 Å². The van der Waals surface area contributed by atoms with Gasteiger partial charge in [0.25, 0.3) is 0 Å². The number of aliphatic hydroxyl groups excluding tert-OH is 1. The molecule has 0 aromatic heterocycles. The average Bonchev–Trinajstić information content (AvgIpc) is 2.38. The standard InChI is InChI=1S/C14H20N2O3/c1-10(17)13-4-3-12(9-14(13)19)16-7-5-15(6-8-16)11(2)18/h3-4,9-10,17,19H,5-8H2,1-2H3. The van der Waals surface area contributed by atoms with E-state index in [-0.39, 0.29) is 11.7 Å². The van der Waals surface area contributed by atoms with Gasteiger partial charge in [0.05, 0.1) is 6.10 Å². The zero-order valence-electron chi connectivity index (χ0n) is 11.3. The molecule has 1 aromatic rings. The van der Waals surface area contributed by atoms with Gasteiger partial charge < -0.3 is 20.0 Å². The van der Waals surface area contributed by atoms with Crippen LogP contribution in [-0.2, 0) is 4.79 Å². The van der Waals surface area contributed by atoms with Gasteiger partial charge in [-0.2, -0.15) is 0 Å². The van der Waals surface area contributed by atoms with Gasteiger partial charge >= 0.3 is 0 Å². The summed E-state index contributed by atoms with van der Waals surface area (Å²) in [5.41, 5.74) is 1.45. The van der Waals surface area contributed by atoms with Crippen molar-refractivity contribution < 1.29 is 15.0 Å². The third kappa shape index (κ3) is 2.98. The zero-order valence-corrected chi connectivity index (χ0v) is 11.3. The van der Waals surface area contributed by atoms with Crippen molar-refractivity contribution in [3.8, 4) is 5.75 Å². The summed E-state index contributed by atoms with van der Waals surface area (Å²) in [5.74, 6) is 0.216. The smallest absolute Gasteiger partial charge is 0.219 e. The lowest BCUT2D eigenvalue weighted by molar-refractivity contribution is -0.129. The molecule has 0 bridgehead atoms. The van der Waals surface area contributed by atoms with Crippen LogP contribution in [0, 0.1) is 0 Å². The van der Waals surface area contributed by atoms with Crippen LogP contribution in [0.25, 0.3) is 0 Å². The normalized spacial score (nSPS) is 17.4. The number of benzene rings is 1. The second-order valence-corrected chi connectivity index (χ2v) is 4.91. The predicted octanol–water partition coefficient (Wildman–Crippen LogP) is 1.11. The molecule has 1 aliphatic rings. The highest BCUT2D eigenvalue weighted by Crippen LogP contribution is 2.29. The van der Waals surface area contributed by atoms with Crippen molar-refractivity contribution in [1.82, 2.24) is 4.90 Å². The number of anilines is 1. The minimum atomic E-state index is -0.677.